The van der Waals surface area contributed by atoms with Gasteiger partial charge in [-0.1, -0.05) is 31.4 Å². The summed E-state index contributed by atoms with van der Waals surface area (Å²) in [5, 5.41) is 4.24. The number of aryl methyl sites for hydroxylation is 1. The van der Waals surface area contributed by atoms with Gasteiger partial charge in [-0.2, -0.15) is 5.10 Å². The number of halogens is 1. The van der Waals surface area contributed by atoms with Gasteiger partial charge in [-0.25, -0.2) is 9.07 Å². The summed E-state index contributed by atoms with van der Waals surface area (Å²) in [6.45, 7) is 4.11. The maximum atomic E-state index is 14.2. The van der Waals surface area contributed by atoms with Gasteiger partial charge in [-0.05, 0) is 38.8 Å². The van der Waals surface area contributed by atoms with Gasteiger partial charge in [-0.3, -0.25) is 9.59 Å². The van der Waals surface area contributed by atoms with Crippen LogP contribution in [0.2, 0.25) is 0 Å². The molecule has 0 bridgehead atoms. The summed E-state index contributed by atoms with van der Waals surface area (Å²) in [5.41, 5.74) is 0.137. The summed E-state index contributed by atoms with van der Waals surface area (Å²) in [6, 6.07) is 7.68. The Morgan fingerprint density at radius 2 is 1.96 bits per heavy atom. The molecule has 26 heavy (non-hydrogen) atoms. The van der Waals surface area contributed by atoms with E-state index in [-0.39, 0.29) is 23.3 Å². The third-order valence-corrected chi connectivity index (χ3v) is 5.01. The lowest BCUT2D eigenvalue weighted by Gasteiger charge is -2.33. The first-order chi connectivity index (χ1) is 12.5. The van der Waals surface area contributed by atoms with Crippen molar-refractivity contribution in [2.75, 3.05) is 6.54 Å². The molecular formula is C20H24FN3O2. The summed E-state index contributed by atoms with van der Waals surface area (Å²) in [6.07, 6.45) is 5.27. The quantitative estimate of drug-likeness (QED) is 0.842. The van der Waals surface area contributed by atoms with Crippen LogP contribution in [0.5, 0.6) is 0 Å². The largest absolute Gasteiger partial charge is 0.334 e. The minimum atomic E-state index is -0.454. The maximum Gasteiger partial charge on any atom is 0.278 e. The van der Waals surface area contributed by atoms with Crippen LogP contribution in [0.15, 0.2) is 35.1 Å². The van der Waals surface area contributed by atoms with Crippen molar-refractivity contribution in [2.45, 2.75) is 52.0 Å². The molecule has 138 valence electrons. The number of nitrogens with zero attached hydrogens (tertiary/aromatic N) is 3. The second kappa shape index (κ2) is 7.81. The first-order valence-corrected chi connectivity index (χ1v) is 9.19. The normalized spacial score (nSPS) is 15.0. The van der Waals surface area contributed by atoms with Crippen molar-refractivity contribution in [1.82, 2.24) is 14.7 Å². The molecule has 1 aliphatic rings. The highest BCUT2D eigenvalue weighted by Gasteiger charge is 2.28. The van der Waals surface area contributed by atoms with E-state index in [0.717, 1.165) is 25.7 Å². The molecular weight excluding hydrogens is 333 g/mol. The highest BCUT2D eigenvalue weighted by atomic mass is 19.1. The second-order valence-electron chi connectivity index (χ2n) is 6.74. The van der Waals surface area contributed by atoms with E-state index >= 15 is 0 Å². The summed E-state index contributed by atoms with van der Waals surface area (Å²) >= 11 is 0. The molecule has 1 amide bonds. The minimum Gasteiger partial charge on any atom is -0.334 e. The zero-order chi connectivity index (χ0) is 18.7. The second-order valence-corrected chi connectivity index (χ2v) is 6.74. The van der Waals surface area contributed by atoms with E-state index < -0.39 is 11.2 Å². The zero-order valence-electron chi connectivity index (χ0n) is 15.2. The van der Waals surface area contributed by atoms with E-state index in [1.807, 2.05) is 6.92 Å². The van der Waals surface area contributed by atoms with Crippen molar-refractivity contribution in [2.24, 2.45) is 0 Å². The smallest absolute Gasteiger partial charge is 0.278 e. The molecule has 0 N–H and O–H groups in total. The number of aromatic nitrogens is 2. The minimum absolute atomic E-state index is 0.144. The van der Waals surface area contributed by atoms with Gasteiger partial charge in [0.2, 0.25) is 5.43 Å². The molecule has 0 unspecified atom stereocenters. The molecule has 0 aliphatic heterocycles. The molecule has 1 aliphatic carbocycles. The van der Waals surface area contributed by atoms with Crippen LogP contribution in [0, 0.1) is 12.7 Å². The van der Waals surface area contributed by atoms with Crippen LogP contribution >= 0.6 is 0 Å². The van der Waals surface area contributed by atoms with Crippen molar-refractivity contribution in [1.29, 1.82) is 0 Å². The Balaban J connectivity index is 2.01. The average Bonchev–Trinajstić information content (AvgIpc) is 2.64. The predicted molar refractivity (Wildman–Crippen MR) is 98.1 cm³/mol. The van der Waals surface area contributed by atoms with Gasteiger partial charge < -0.3 is 4.90 Å². The van der Waals surface area contributed by atoms with Crippen LogP contribution in [-0.4, -0.2) is 33.2 Å². The Hall–Kier alpha value is -2.50. The van der Waals surface area contributed by atoms with Gasteiger partial charge in [0.1, 0.15) is 11.5 Å². The number of hydrogen-bond donors (Lipinski definition) is 0. The number of benzene rings is 1. The van der Waals surface area contributed by atoms with Gasteiger partial charge in [0, 0.05) is 24.3 Å². The summed E-state index contributed by atoms with van der Waals surface area (Å²) in [7, 11) is 0. The van der Waals surface area contributed by atoms with Crippen molar-refractivity contribution >= 4 is 5.91 Å². The molecule has 0 radical (unpaired) electrons. The lowest BCUT2D eigenvalue weighted by atomic mass is 9.94. The number of hydrogen-bond acceptors (Lipinski definition) is 3. The molecule has 1 fully saturated rings. The number of carbonyl (C=O) groups excluding carboxylic acids is 1. The van der Waals surface area contributed by atoms with Crippen LogP contribution in [-0.2, 0) is 0 Å². The van der Waals surface area contributed by atoms with E-state index in [1.165, 1.54) is 23.2 Å². The van der Waals surface area contributed by atoms with Crippen LogP contribution in [0.3, 0.4) is 0 Å². The molecule has 3 rings (SSSR count). The predicted octanol–water partition coefficient (Wildman–Crippen LogP) is 3.47. The van der Waals surface area contributed by atoms with Crippen LogP contribution in [0.1, 0.15) is 55.2 Å². The molecule has 1 aromatic carbocycles. The summed E-state index contributed by atoms with van der Waals surface area (Å²) < 4.78 is 15.5. The van der Waals surface area contributed by atoms with E-state index in [1.54, 1.807) is 30.0 Å². The fourth-order valence-electron chi connectivity index (χ4n) is 3.66. The Kier molecular flexibility index (Phi) is 5.49. The first-order valence-electron chi connectivity index (χ1n) is 9.19. The van der Waals surface area contributed by atoms with Crippen molar-refractivity contribution < 1.29 is 9.18 Å². The lowest BCUT2D eigenvalue weighted by molar-refractivity contribution is 0.0638. The molecule has 1 aromatic heterocycles. The van der Waals surface area contributed by atoms with Gasteiger partial charge in [0.15, 0.2) is 5.69 Å². The summed E-state index contributed by atoms with van der Waals surface area (Å²) in [4.78, 5) is 27.2. The van der Waals surface area contributed by atoms with Crippen LogP contribution in [0.4, 0.5) is 4.39 Å². The summed E-state index contributed by atoms with van der Waals surface area (Å²) in [5.74, 6) is -0.820. The highest BCUT2D eigenvalue weighted by molar-refractivity contribution is 5.92. The molecule has 0 spiro atoms. The number of amides is 1. The average molecular weight is 357 g/mol. The Morgan fingerprint density at radius 1 is 1.27 bits per heavy atom. The van der Waals surface area contributed by atoms with Gasteiger partial charge in [-0.15, -0.1) is 0 Å². The highest BCUT2D eigenvalue weighted by Crippen LogP contribution is 2.23. The number of carbonyl (C=O) groups is 1. The Bertz CT molecular complexity index is 856. The molecule has 2 aromatic rings. The van der Waals surface area contributed by atoms with Crippen molar-refractivity contribution in [3.8, 4) is 5.69 Å². The third-order valence-electron chi connectivity index (χ3n) is 5.01. The Morgan fingerprint density at radius 3 is 2.62 bits per heavy atom. The third kappa shape index (κ3) is 3.54. The van der Waals surface area contributed by atoms with Crippen LogP contribution < -0.4 is 5.43 Å². The molecule has 1 saturated carbocycles. The zero-order valence-corrected chi connectivity index (χ0v) is 15.2. The van der Waals surface area contributed by atoms with Gasteiger partial charge in [0.05, 0.1) is 0 Å². The standard InChI is InChI=1S/C20H24FN3O2/c1-3-23(15-9-5-4-6-10-15)20(26)19-18(25)13-14(2)24(22-19)17-12-8-7-11-16(17)21/h7-8,11-13,15H,3-6,9-10H2,1-2H3. The molecule has 0 atom stereocenters. The van der Waals surface area contributed by atoms with Crippen molar-refractivity contribution in [3.05, 3.63) is 57.8 Å². The van der Waals surface area contributed by atoms with E-state index in [2.05, 4.69) is 5.10 Å². The van der Waals surface area contributed by atoms with Crippen molar-refractivity contribution in [3.63, 3.8) is 0 Å². The van der Waals surface area contributed by atoms with Gasteiger partial charge in [0.25, 0.3) is 5.91 Å². The first kappa shape index (κ1) is 18.3. The van der Waals surface area contributed by atoms with E-state index in [9.17, 15) is 14.0 Å². The molecule has 0 saturated heterocycles. The number of rotatable bonds is 4. The van der Waals surface area contributed by atoms with E-state index in [4.69, 9.17) is 0 Å². The lowest BCUT2D eigenvalue weighted by Crippen LogP contribution is -2.43. The fourth-order valence-corrected chi connectivity index (χ4v) is 3.66. The van der Waals surface area contributed by atoms with Gasteiger partial charge >= 0.3 is 0 Å². The monoisotopic (exact) mass is 357 g/mol. The number of para-hydroxylation sites is 1. The molecule has 1 heterocycles. The fraction of sp³-hybridized carbons (Fsp3) is 0.450. The molecule has 5 nitrogen and oxygen atoms in total. The van der Waals surface area contributed by atoms with Crippen LogP contribution in [0.25, 0.3) is 5.69 Å². The SMILES string of the molecule is CCN(C(=O)c1nn(-c2ccccc2F)c(C)cc1=O)C1CCCCC1. The molecule has 6 heteroatoms. The maximum absolute atomic E-state index is 14.2. The topological polar surface area (TPSA) is 55.2 Å². The Labute approximate surface area is 152 Å². The van der Waals surface area contributed by atoms with E-state index in [0.29, 0.717) is 12.2 Å².